The Labute approximate surface area is 81.4 Å². The Hall–Kier alpha value is 0.110. The van der Waals surface area contributed by atoms with E-state index in [4.69, 9.17) is 10.5 Å². The highest BCUT2D eigenvalue weighted by atomic mass is 31.2. The maximum atomic E-state index is 11.5. The van der Waals surface area contributed by atoms with Gasteiger partial charge in [0.15, 0.2) is 0 Å². The fraction of sp³-hybridized carbons (Fsp3) is 1.00. The summed E-state index contributed by atoms with van der Waals surface area (Å²) in [6.07, 6.45) is 3.44. The van der Waals surface area contributed by atoms with E-state index in [0.717, 1.165) is 25.7 Å². The van der Waals surface area contributed by atoms with Crippen molar-refractivity contribution in [1.29, 1.82) is 1.43 Å². The molecule has 0 aromatic carbocycles. The van der Waals surface area contributed by atoms with Gasteiger partial charge in [-0.15, -0.1) is 0 Å². The predicted molar refractivity (Wildman–Crippen MR) is 51.5 cm³/mol. The number of hydrogen-bond donors (Lipinski definition) is 1. The van der Waals surface area contributed by atoms with Crippen LogP contribution in [0.1, 0.15) is 39.5 Å². The largest absolute Gasteiger partial charge is 0.472 e. The highest BCUT2D eigenvalue weighted by Crippen LogP contribution is 2.43. The second kappa shape index (κ2) is 7.51. The highest BCUT2D eigenvalue weighted by Gasteiger charge is 2.19. The van der Waals surface area contributed by atoms with Crippen molar-refractivity contribution < 1.29 is 18.5 Å². The summed E-state index contributed by atoms with van der Waals surface area (Å²) in [4.78, 5) is 3.99. The fourth-order valence-corrected chi connectivity index (χ4v) is 1.46. The molecule has 13 heavy (non-hydrogen) atoms. The van der Waals surface area contributed by atoms with Crippen molar-refractivity contribution in [3.63, 3.8) is 0 Å². The zero-order valence-corrected chi connectivity index (χ0v) is 9.22. The van der Waals surface area contributed by atoms with Crippen molar-refractivity contribution in [2.75, 3.05) is 13.2 Å². The molecule has 0 atom stereocenters. The minimum absolute atomic E-state index is 0.304. The second-order valence-electron chi connectivity index (χ2n) is 2.82. The predicted octanol–water partition coefficient (Wildman–Crippen LogP) is 2.72. The molecule has 0 unspecified atom stereocenters. The monoisotopic (exact) mass is 212 g/mol. The van der Waals surface area contributed by atoms with Crippen LogP contribution < -0.4 is 0 Å². The third-order valence-corrected chi connectivity index (χ3v) is 2.49. The van der Waals surface area contributed by atoms with Crippen molar-refractivity contribution in [3.8, 4) is 0 Å². The molecule has 0 aromatic heterocycles. The Balaban J connectivity index is 3.74. The first-order valence-corrected chi connectivity index (χ1v) is 6.18. The van der Waals surface area contributed by atoms with E-state index in [1.165, 1.54) is 0 Å². The fourth-order valence-electron chi connectivity index (χ4n) is 0.679. The second-order valence-corrected chi connectivity index (χ2v) is 4.23. The van der Waals surface area contributed by atoms with Gasteiger partial charge in [0.2, 0.25) is 1.43 Å². The molecule has 0 amide bonds. The summed E-state index contributed by atoms with van der Waals surface area (Å²) < 4.78 is 27.9. The summed E-state index contributed by atoms with van der Waals surface area (Å²) in [6, 6.07) is 0. The van der Waals surface area contributed by atoms with E-state index < -0.39 is 7.82 Å². The van der Waals surface area contributed by atoms with Gasteiger partial charge in [-0.1, -0.05) is 26.7 Å². The van der Waals surface area contributed by atoms with Crippen LogP contribution in [0.25, 0.3) is 0 Å². The third kappa shape index (κ3) is 8.44. The van der Waals surface area contributed by atoms with E-state index >= 15 is 0 Å². The molecule has 0 radical (unpaired) electrons. The van der Waals surface area contributed by atoms with E-state index in [9.17, 15) is 4.57 Å². The molecular weight excluding hydrogens is 191 g/mol. The van der Waals surface area contributed by atoms with Gasteiger partial charge in [-0.2, -0.15) is 0 Å². The standard InChI is InChI=1S/C8H19O4P/c1-3-5-7-11-13(9,10)12-8-6-4-2/h3-8H2,1-2H3,(H,9,10)/i/hT. The lowest BCUT2D eigenvalue weighted by molar-refractivity contribution is 0.146. The first-order chi connectivity index (χ1) is 6.68. The molecular formula is C8H19O4P. The number of phosphoric ester groups is 1. The number of hydrogen-bond acceptors (Lipinski definition) is 4. The Bertz CT molecular complexity index is 163. The zero-order chi connectivity index (χ0) is 10.9. The molecule has 80 valence electrons. The molecule has 0 fully saturated rings. The number of rotatable bonds is 9. The quantitative estimate of drug-likeness (QED) is 0.471. The average Bonchev–Trinajstić information content (AvgIpc) is 2.19. The average molecular weight is 212 g/mol. The molecule has 0 aliphatic heterocycles. The normalized spacial score (nSPS) is 12.9. The van der Waals surface area contributed by atoms with Crippen LogP contribution in [-0.2, 0) is 13.6 Å². The van der Waals surface area contributed by atoms with Crippen LogP contribution in [0, 0.1) is 0 Å². The molecule has 0 rings (SSSR count). The molecule has 0 aliphatic rings. The van der Waals surface area contributed by atoms with Gasteiger partial charge in [-0.3, -0.25) is 9.05 Å². The van der Waals surface area contributed by atoms with Crippen molar-refractivity contribution in [2.24, 2.45) is 0 Å². The SMILES string of the molecule is [3H]OP(=O)(OCCCC)OCCCC. The summed E-state index contributed by atoms with van der Waals surface area (Å²) >= 11 is 0. The number of phosphoric acid groups is 1. The van der Waals surface area contributed by atoms with Crippen LogP contribution in [0.3, 0.4) is 0 Å². The van der Waals surface area contributed by atoms with Crippen molar-refractivity contribution in [2.45, 2.75) is 39.5 Å². The number of unbranched alkanes of at least 4 members (excludes halogenated alkanes) is 2. The Kier molecular flexibility index (Phi) is 6.46. The van der Waals surface area contributed by atoms with E-state index in [1.54, 1.807) is 0 Å². The van der Waals surface area contributed by atoms with Gasteiger partial charge in [-0.25, -0.2) is 4.57 Å². The van der Waals surface area contributed by atoms with Crippen LogP contribution in [-0.4, -0.2) is 19.5 Å². The van der Waals surface area contributed by atoms with Gasteiger partial charge in [0.05, 0.1) is 13.2 Å². The topological polar surface area (TPSA) is 55.8 Å². The molecule has 5 heteroatoms. The van der Waals surface area contributed by atoms with Crippen LogP contribution in [0.5, 0.6) is 0 Å². The van der Waals surface area contributed by atoms with Gasteiger partial charge in [0.1, 0.15) is 0 Å². The van der Waals surface area contributed by atoms with Crippen LogP contribution >= 0.6 is 7.82 Å². The zero-order valence-electron chi connectivity index (χ0n) is 9.32. The third-order valence-electron chi connectivity index (χ3n) is 1.49. The minimum atomic E-state index is -3.59. The van der Waals surface area contributed by atoms with Gasteiger partial charge in [0.25, 0.3) is 0 Å². The van der Waals surface area contributed by atoms with Crippen LogP contribution in [0.15, 0.2) is 0 Å². The summed E-state index contributed by atoms with van der Waals surface area (Å²) in [5.74, 6) is 0. The van der Waals surface area contributed by atoms with Crippen LogP contribution in [0.2, 0.25) is 0 Å². The Morgan fingerprint density at radius 1 is 1.23 bits per heavy atom. The molecule has 0 saturated carbocycles. The van der Waals surface area contributed by atoms with E-state index in [1.807, 2.05) is 13.8 Å². The summed E-state index contributed by atoms with van der Waals surface area (Å²) in [7, 11) is -3.59. The van der Waals surface area contributed by atoms with Gasteiger partial charge < -0.3 is 4.90 Å². The Morgan fingerprint density at radius 3 is 2.00 bits per heavy atom. The van der Waals surface area contributed by atoms with Crippen molar-refractivity contribution in [3.05, 3.63) is 0 Å². The van der Waals surface area contributed by atoms with Crippen LogP contribution in [0.4, 0.5) is 0 Å². The lowest BCUT2D eigenvalue weighted by atomic mass is 10.4. The van der Waals surface area contributed by atoms with Gasteiger partial charge in [0, 0.05) is 0 Å². The molecule has 0 spiro atoms. The summed E-state index contributed by atoms with van der Waals surface area (Å²) in [6.45, 7) is 4.60. The highest BCUT2D eigenvalue weighted by molar-refractivity contribution is 7.47. The summed E-state index contributed by atoms with van der Waals surface area (Å²) in [5.41, 5.74) is 0. The first-order valence-electron chi connectivity index (χ1n) is 5.13. The lowest BCUT2D eigenvalue weighted by Crippen LogP contribution is -1.98. The molecule has 1 N–H and O–H groups in total. The van der Waals surface area contributed by atoms with E-state index in [-0.39, 0.29) is 0 Å². The molecule has 4 nitrogen and oxygen atoms in total. The lowest BCUT2D eigenvalue weighted by Gasteiger charge is -2.10. The molecule has 0 saturated heterocycles. The molecule has 0 heterocycles. The molecule has 0 aliphatic carbocycles. The smallest absolute Gasteiger partial charge is 0.302 e. The molecule has 0 bridgehead atoms. The first kappa shape index (κ1) is 11.2. The molecule has 0 aromatic rings. The Morgan fingerprint density at radius 2 is 1.69 bits per heavy atom. The van der Waals surface area contributed by atoms with E-state index in [2.05, 4.69) is 4.90 Å². The van der Waals surface area contributed by atoms with Crippen molar-refractivity contribution in [1.82, 2.24) is 0 Å². The maximum Gasteiger partial charge on any atom is 0.472 e. The minimum Gasteiger partial charge on any atom is -0.302 e. The van der Waals surface area contributed by atoms with Crippen molar-refractivity contribution >= 4 is 7.82 Å². The van der Waals surface area contributed by atoms with Gasteiger partial charge in [-0.05, 0) is 12.8 Å². The van der Waals surface area contributed by atoms with E-state index in [0.29, 0.717) is 13.2 Å². The van der Waals surface area contributed by atoms with Gasteiger partial charge >= 0.3 is 7.82 Å². The summed E-state index contributed by atoms with van der Waals surface area (Å²) in [5, 5.41) is 0. The maximum absolute atomic E-state index is 11.5.